The van der Waals surface area contributed by atoms with Crippen LogP contribution >= 0.6 is 7.60 Å². The van der Waals surface area contributed by atoms with Crippen molar-refractivity contribution >= 4 is 15.9 Å². The van der Waals surface area contributed by atoms with E-state index in [9.17, 15) is 4.57 Å². The molecule has 110 valence electrons. The molecule has 0 aromatic carbocycles. The normalized spacial score (nSPS) is 15.6. The summed E-state index contributed by atoms with van der Waals surface area (Å²) < 4.78 is 23.0. The van der Waals surface area contributed by atoms with Crippen LogP contribution in [0.2, 0.25) is 19.6 Å². The van der Waals surface area contributed by atoms with Crippen LogP contribution in [-0.2, 0) is 13.3 Å². The summed E-state index contributed by atoms with van der Waals surface area (Å²) in [5.74, 6) is 0. The van der Waals surface area contributed by atoms with Crippen molar-refractivity contribution in [2.24, 2.45) is 0 Å². The van der Waals surface area contributed by atoms with Crippen molar-refractivity contribution in [3.8, 4) is 0 Å². The maximum absolute atomic E-state index is 12.0. The van der Waals surface area contributed by atoms with Crippen LogP contribution in [0.15, 0.2) is 0 Å². The van der Waals surface area contributed by atoms with Crippen molar-refractivity contribution in [1.29, 1.82) is 0 Å². The predicted octanol–water partition coefficient (Wildman–Crippen LogP) is 5.43. The number of unbranched alkanes of at least 4 members (excludes halogenated alkanes) is 6. The first-order chi connectivity index (χ1) is 8.27. The van der Waals surface area contributed by atoms with Crippen LogP contribution in [0.3, 0.4) is 0 Å². The van der Waals surface area contributed by atoms with Gasteiger partial charge in [-0.2, -0.15) is 0 Å². The minimum Gasteiger partial charge on any atom is -0.351 e. The third-order valence-corrected chi connectivity index (χ3v) is 6.68. The van der Waals surface area contributed by atoms with Crippen LogP contribution in [0.1, 0.15) is 51.9 Å². The molecule has 0 aliphatic carbocycles. The van der Waals surface area contributed by atoms with Gasteiger partial charge in [0.15, 0.2) is 8.32 Å². The fourth-order valence-electron chi connectivity index (χ4n) is 1.81. The van der Waals surface area contributed by atoms with Crippen LogP contribution in [0.4, 0.5) is 0 Å². The molecule has 0 radical (unpaired) electrons. The molecule has 0 saturated carbocycles. The van der Waals surface area contributed by atoms with E-state index >= 15 is 0 Å². The zero-order chi connectivity index (χ0) is 14.1. The number of hydrogen-bond acceptors (Lipinski definition) is 3. The largest absolute Gasteiger partial charge is 0.351 e. The lowest BCUT2D eigenvalue weighted by atomic mass is 10.1. The average Bonchev–Trinajstić information content (AvgIpc) is 2.18. The van der Waals surface area contributed by atoms with Gasteiger partial charge in [-0.25, -0.2) is 0 Å². The maximum atomic E-state index is 12.0. The Morgan fingerprint density at radius 3 is 1.94 bits per heavy atom. The summed E-state index contributed by atoms with van der Waals surface area (Å²) in [5, 5.41) is 0. The Balaban J connectivity index is 3.51. The van der Waals surface area contributed by atoms with E-state index in [-0.39, 0.29) is 0 Å². The number of rotatable bonds is 11. The highest BCUT2D eigenvalue weighted by Gasteiger charge is 2.26. The van der Waals surface area contributed by atoms with E-state index in [4.69, 9.17) is 8.74 Å². The predicted molar refractivity (Wildman–Crippen MR) is 81.9 cm³/mol. The highest BCUT2D eigenvalue weighted by Crippen LogP contribution is 2.46. The summed E-state index contributed by atoms with van der Waals surface area (Å²) in [6.45, 7) is 10.5. The van der Waals surface area contributed by atoms with Crippen molar-refractivity contribution in [3.63, 3.8) is 0 Å². The molecule has 0 aromatic rings. The summed E-state index contributed by atoms with van der Waals surface area (Å²) in [5.41, 5.74) is 0. The molecule has 18 heavy (non-hydrogen) atoms. The van der Waals surface area contributed by atoms with Gasteiger partial charge in [0.1, 0.15) is 0 Å². The fraction of sp³-hybridized carbons (Fsp3) is 1.00. The van der Waals surface area contributed by atoms with Gasteiger partial charge in [-0.3, -0.25) is 4.57 Å². The molecule has 0 spiro atoms. The highest BCUT2D eigenvalue weighted by molar-refractivity contribution is 7.54. The SMILES string of the molecule is CCCCCCCCCOP(C)(=O)O[Si](C)(C)C. The quantitative estimate of drug-likeness (QED) is 0.289. The summed E-state index contributed by atoms with van der Waals surface area (Å²) in [6, 6.07) is 0. The van der Waals surface area contributed by atoms with Crippen molar-refractivity contribution in [2.45, 2.75) is 71.5 Å². The van der Waals surface area contributed by atoms with E-state index in [1.807, 2.05) is 19.6 Å². The topological polar surface area (TPSA) is 35.5 Å². The van der Waals surface area contributed by atoms with E-state index in [2.05, 4.69) is 6.92 Å². The smallest absolute Gasteiger partial charge is 0.318 e. The third kappa shape index (κ3) is 12.8. The van der Waals surface area contributed by atoms with E-state index in [0.717, 1.165) is 12.8 Å². The summed E-state index contributed by atoms with van der Waals surface area (Å²) in [4.78, 5) is 0. The molecular formula is C13H31O3PSi. The second-order valence-electron chi connectivity index (χ2n) is 5.93. The van der Waals surface area contributed by atoms with Crippen molar-refractivity contribution in [3.05, 3.63) is 0 Å². The average molecular weight is 294 g/mol. The first-order valence-corrected chi connectivity index (χ1v) is 12.6. The molecule has 0 amide bonds. The van der Waals surface area contributed by atoms with Gasteiger partial charge in [-0.15, -0.1) is 0 Å². The van der Waals surface area contributed by atoms with Gasteiger partial charge in [0, 0.05) is 6.66 Å². The Morgan fingerprint density at radius 1 is 0.944 bits per heavy atom. The molecule has 0 saturated heterocycles. The molecule has 0 aliphatic heterocycles. The maximum Gasteiger partial charge on any atom is 0.318 e. The molecule has 0 aliphatic rings. The minimum absolute atomic E-state index is 0.562. The van der Waals surface area contributed by atoms with Crippen molar-refractivity contribution in [1.82, 2.24) is 0 Å². The van der Waals surface area contributed by atoms with E-state index in [0.29, 0.717) is 6.61 Å². The Kier molecular flexibility index (Phi) is 9.49. The summed E-state index contributed by atoms with van der Waals surface area (Å²) >= 11 is 0. The Bertz CT molecular complexity index is 251. The van der Waals surface area contributed by atoms with Crippen LogP contribution in [0.25, 0.3) is 0 Å². The molecule has 0 rings (SSSR count). The second-order valence-corrected chi connectivity index (χ2v) is 12.7. The molecule has 0 aromatic heterocycles. The van der Waals surface area contributed by atoms with Gasteiger partial charge in [0.05, 0.1) is 6.61 Å². The van der Waals surface area contributed by atoms with Crippen molar-refractivity contribution in [2.75, 3.05) is 13.3 Å². The van der Waals surface area contributed by atoms with E-state index in [1.165, 1.54) is 32.1 Å². The van der Waals surface area contributed by atoms with Gasteiger partial charge in [0.2, 0.25) is 0 Å². The van der Waals surface area contributed by atoms with E-state index < -0.39 is 15.9 Å². The molecule has 5 heteroatoms. The summed E-state index contributed by atoms with van der Waals surface area (Å²) in [7, 11) is -4.59. The second kappa shape index (κ2) is 9.30. The molecule has 0 fully saturated rings. The van der Waals surface area contributed by atoms with Crippen LogP contribution in [0, 0.1) is 0 Å². The molecular weight excluding hydrogens is 263 g/mol. The lowest BCUT2D eigenvalue weighted by Crippen LogP contribution is -2.24. The van der Waals surface area contributed by atoms with E-state index in [1.54, 1.807) is 6.66 Å². The lowest BCUT2D eigenvalue weighted by molar-refractivity contribution is 0.261. The zero-order valence-corrected chi connectivity index (χ0v) is 14.7. The fourth-order valence-corrected chi connectivity index (χ4v) is 6.46. The molecule has 0 N–H and O–H groups in total. The molecule has 1 atom stereocenters. The third-order valence-electron chi connectivity index (χ3n) is 2.51. The van der Waals surface area contributed by atoms with Gasteiger partial charge >= 0.3 is 7.60 Å². The van der Waals surface area contributed by atoms with Gasteiger partial charge < -0.3 is 8.74 Å². The molecule has 3 nitrogen and oxygen atoms in total. The first-order valence-electron chi connectivity index (χ1n) is 7.19. The molecule has 0 bridgehead atoms. The lowest BCUT2D eigenvalue weighted by Gasteiger charge is -2.23. The Labute approximate surface area is 114 Å². The molecule has 0 heterocycles. The summed E-state index contributed by atoms with van der Waals surface area (Å²) in [6.07, 6.45) is 8.67. The Morgan fingerprint density at radius 2 is 1.44 bits per heavy atom. The first kappa shape index (κ1) is 18.4. The van der Waals surface area contributed by atoms with Gasteiger partial charge in [-0.05, 0) is 26.1 Å². The molecule has 1 unspecified atom stereocenters. The highest BCUT2D eigenvalue weighted by atomic mass is 31.2. The zero-order valence-electron chi connectivity index (χ0n) is 12.8. The van der Waals surface area contributed by atoms with Crippen molar-refractivity contribution < 1.29 is 13.3 Å². The van der Waals surface area contributed by atoms with Crippen LogP contribution in [-0.4, -0.2) is 21.6 Å². The monoisotopic (exact) mass is 294 g/mol. The van der Waals surface area contributed by atoms with Crippen LogP contribution in [0.5, 0.6) is 0 Å². The minimum atomic E-state index is -2.82. The van der Waals surface area contributed by atoms with Gasteiger partial charge in [0.25, 0.3) is 0 Å². The standard InChI is InChI=1S/C13H31O3PSi/c1-6-7-8-9-10-11-12-13-15-17(2,14)16-18(3,4)5/h6-13H2,1-5H3. The van der Waals surface area contributed by atoms with Gasteiger partial charge in [-0.1, -0.05) is 45.4 Å². The number of hydrogen-bond donors (Lipinski definition) is 0. The van der Waals surface area contributed by atoms with Crippen LogP contribution < -0.4 is 0 Å². The Hall–Kier alpha value is 0.367.